The van der Waals surface area contributed by atoms with Gasteiger partial charge in [0.2, 0.25) is 0 Å². The van der Waals surface area contributed by atoms with Crippen LogP contribution < -0.4 is 10.1 Å². The lowest BCUT2D eigenvalue weighted by Crippen LogP contribution is -2.57. The van der Waals surface area contributed by atoms with Crippen LogP contribution in [0.1, 0.15) is 23.2 Å². The average molecular weight is 363 g/mol. The molecule has 1 aromatic heterocycles. The molecular formula is C18H19ClN2O2S. The Bertz CT molecular complexity index is 723. The molecule has 126 valence electrons. The van der Waals surface area contributed by atoms with E-state index in [9.17, 15) is 4.79 Å². The fourth-order valence-corrected chi connectivity index (χ4v) is 4.42. The quantitative estimate of drug-likeness (QED) is 0.893. The highest BCUT2D eigenvalue weighted by Crippen LogP contribution is 2.32. The number of hydrogen-bond donors (Lipinski definition) is 1. The van der Waals surface area contributed by atoms with Crippen molar-refractivity contribution in [2.45, 2.75) is 18.9 Å². The third-order valence-corrected chi connectivity index (χ3v) is 5.97. The molecule has 1 aromatic carbocycles. The second kappa shape index (κ2) is 6.75. The number of ether oxygens (including phenoxy) is 1. The number of halogens is 1. The molecule has 0 aliphatic carbocycles. The summed E-state index contributed by atoms with van der Waals surface area (Å²) < 4.78 is 6.41. The SMILES string of the molecule is O=C(NC1CN2CCC1CC2)c1ccc(Oc2ccc(Cl)s2)cc1. The molecule has 24 heavy (non-hydrogen) atoms. The topological polar surface area (TPSA) is 41.6 Å². The first-order valence-corrected chi connectivity index (χ1v) is 9.43. The van der Waals surface area contributed by atoms with Gasteiger partial charge in [0, 0.05) is 18.2 Å². The predicted molar refractivity (Wildman–Crippen MR) is 96.3 cm³/mol. The van der Waals surface area contributed by atoms with Crippen molar-refractivity contribution < 1.29 is 9.53 Å². The Morgan fingerprint density at radius 1 is 1.17 bits per heavy atom. The highest BCUT2D eigenvalue weighted by molar-refractivity contribution is 7.17. The lowest BCUT2D eigenvalue weighted by Gasteiger charge is -2.44. The van der Waals surface area contributed by atoms with Crippen LogP contribution in [-0.2, 0) is 0 Å². The van der Waals surface area contributed by atoms with Gasteiger partial charge in [0.05, 0.1) is 4.34 Å². The van der Waals surface area contributed by atoms with E-state index in [4.69, 9.17) is 16.3 Å². The van der Waals surface area contributed by atoms with E-state index >= 15 is 0 Å². The van der Waals surface area contributed by atoms with Gasteiger partial charge in [-0.15, -0.1) is 0 Å². The maximum Gasteiger partial charge on any atom is 0.251 e. The number of amides is 1. The molecule has 1 unspecified atom stereocenters. The van der Waals surface area contributed by atoms with Gasteiger partial charge in [-0.1, -0.05) is 22.9 Å². The molecule has 0 spiro atoms. The van der Waals surface area contributed by atoms with Crippen molar-refractivity contribution in [2.75, 3.05) is 19.6 Å². The van der Waals surface area contributed by atoms with Gasteiger partial charge in [-0.2, -0.15) is 0 Å². The van der Waals surface area contributed by atoms with Crippen LogP contribution in [0.3, 0.4) is 0 Å². The maximum absolute atomic E-state index is 12.5. The normalized spacial score (nSPS) is 25.5. The van der Waals surface area contributed by atoms with Crippen LogP contribution in [0.5, 0.6) is 10.8 Å². The van der Waals surface area contributed by atoms with Gasteiger partial charge in [0.25, 0.3) is 5.91 Å². The summed E-state index contributed by atoms with van der Waals surface area (Å²) in [6.45, 7) is 3.34. The minimum absolute atomic E-state index is 0.000493. The van der Waals surface area contributed by atoms with Crippen molar-refractivity contribution in [3.05, 3.63) is 46.3 Å². The van der Waals surface area contributed by atoms with Crippen LogP contribution in [0.4, 0.5) is 0 Å². The van der Waals surface area contributed by atoms with E-state index in [0.29, 0.717) is 21.6 Å². The number of carbonyl (C=O) groups excluding carboxylic acids is 1. The summed E-state index contributed by atoms with van der Waals surface area (Å²) in [7, 11) is 0. The molecule has 3 aliphatic rings. The molecule has 0 radical (unpaired) electrons. The maximum atomic E-state index is 12.5. The Hall–Kier alpha value is -1.56. The molecule has 4 nitrogen and oxygen atoms in total. The third-order valence-electron chi connectivity index (χ3n) is 4.86. The van der Waals surface area contributed by atoms with Gasteiger partial charge in [-0.25, -0.2) is 0 Å². The van der Waals surface area contributed by atoms with E-state index in [-0.39, 0.29) is 11.9 Å². The van der Waals surface area contributed by atoms with Crippen molar-refractivity contribution >= 4 is 28.8 Å². The summed E-state index contributed by atoms with van der Waals surface area (Å²) in [5.41, 5.74) is 0.669. The van der Waals surface area contributed by atoms with Crippen LogP contribution in [0.15, 0.2) is 36.4 Å². The number of nitrogens with one attached hydrogen (secondary N) is 1. The van der Waals surface area contributed by atoms with Crippen molar-refractivity contribution in [3.63, 3.8) is 0 Å². The lowest BCUT2D eigenvalue weighted by atomic mass is 9.84. The first kappa shape index (κ1) is 15.9. The summed E-state index contributed by atoms with van der Waals surface area (Å²) >= 11 is 7.28. The van der Waals surface area contributed by atoms with Crippen LogP contribution in [0, 0.1) is 5.92 Å². The lowest BCUT2D eigenvalue weighted by molar-refractivity contribution is 0.0620. The average Bonchev–Trinajstić information content (AvgIpc) is 3.01. The molecule has 5 rings (SSSR count). The minimum Gasteiger partial charge on any atom is -0.447 e. The number of hydrogen-bond acceptors (Lipinski definition) is 4. The van der Waals surface area contributed by atoms with Crippen LogP contribution in [-0.4, -0.2) is 36.5 Å². The Kier molecular flexibility index (Phi) is 4.48. The second-order valence-corrected chi connectivity index (χ2v) is 8.08. The first-order valence-electron chi connectivity index (χ1n) is 8.24. The van der Waals surface area contributed by atoms with Crippen LogP contribution in [0.25, 0.3) is 0 Å². The summed E-state index contributed by atoms with van der Waals surface area (Å²) in [5.74, 6) is 1.33. The largest absolute Gasteiger partial charge is 0.447 e. The van der Waals surface area contributed by atoms with Crippen molar-refractivity contribution in [2.24, 2.45) is 5.92 Å². The zero-order valence-electron chi connectivity index (χ0n) is 13.2. The molecule has 0 saturated carbocycles. The van der Waals surface area contributed by atoms with E-state index in [1.807, 2.05) is 18.2 Å². The molecule has 6 heteroatoms. The Labute approximate surface area is 150 Å². The molecule has 3 aliphatic heterocycles. The number of thiophene rings is 1. The van der Waals surface area contributed by atoms with E-state index in [2.05, 4.69) is 10.2 Å². The first-order chi connectivity index (χ1) is 11.7. The van der Waals surface area contributed by atoms with Gasteiger partial charge in [0.1, 0.15) is 5.75 Å². The van der Waals surface area contributed by atoms with Gasteiger partial charge in [0.15, 0.2) is 5.06 Å². The van der Waals surface area contributed by atoms with E-state index < -0.39 is 0 Å². The Morgan fingerprint density at radius 2 is 1.92 bits per heavy atom. The standard InChI is InChI=1S/C18H19ClN2O2S/c19-16-5-6-17(24-16)23-14-3-1-13(2-4-14)18(22)20-15-11-21-9-7-12(15)8-10-21/h1-6,12,15H,7-11H2,(H,20,22). The van der Waals surface area contributed by atoms with E-state index in [0.717, 1.165) is 11.6 Å². The van der Waals surface area contributed by atoms with Gasteiger partial charge >= 0.3 is 0 Å². The minimum atomic E-state index is -0.000493. The number of fused-ring (bicyclic) bond motifs is 3. The highest BCUT2D eigenvalue weighted by atomic mass is 35.5. The predicted octanol–water partition coefficient (Wildman–Crippen LogP) is 4.02. The molecule has 1 atom stereocenters. The summed E-state index contributed by atoms with van der Waals surface area (Å²) in [5, 5.41) is 3.94. The zero-order valence-corrected chi connectivity index (χ0v) is 14.8. The molecule has 1 amide bonds. The van der Waals surface area contributed by atoms with E-state index in [1.54, 1.807) is 18.2 Å². The summed E-state index contributed by atoms with van der Waals surface area (Å²) in [6, 6.07) is 11.2. The Balaban J connectivity index is 1.38. The van der Waals surface area contributed by atoms with Gasteiger partial charge in [-0.05, 0) is 68.2 Å². The molecule has 3 saturated heterocycles. The number of carbonyl (C=O) groups is 1. The monoisotopic (exact) mass is 362 g/mol. The number of piperidine rings is 3. The van der Waals surface area contributed by atoms with Crippen molar-refractivity contribution in [1.29, 1.82) is 0 Å². The molecule has 3 fully saturated rings. The fourth-order valence-electron chi connectivity index (χ4n) is 3.52. The number of benzene rings is 1. The fraction of sp³-hybridized carbons (Fsp3) is 0.389. The van der Waals surface area contributed by atoms with E-state index in [1.165, 1.54) is 37.3 Å². The Morgan fingerprint density at radius 3 is 2.50 bits per heavy atom. The molecule has 1 N–H and O–H groups in total. The highest BCUT2D eigenvalue weighted by Gasteiger charge is 2.34. The van der Waals surface area contributed by atoms with Gasteiger partial charge < -0.3 is 15.0 Å². The number of rotatable bonds is 4. The molecule has 2 aromatic rings. The zero-order chi connectivity index (χ0) is 16.5. The second-order valence-electron chi connectivity index (χ2n) is 6.40. The summed E-state index contributed by atoms with van der Waals surface area (Å²) in [6.07, 6.45) is 2.39. The van der Waals surface area contributed by atoms with Gasteiger partial charge in [-0.3, -0.25) is 4.79 Å². The van der Waals surface area contributed by atoms with Crippen molar-refractivity contribution in [1.82, 2.24) is 10.2 Å². The molecule has 2 bridgehead atoms. The smallest absolute Gasteiger partial charge is 0.251 e. The summed E-state index contributed by atoms with van der Waals surface area (Å²) in [4.78, 5) is 14.9. The molecular weight excluding hydrogens is 344 g/mol. The third kappa shape index (κ3) is 3.43. The van der Waals surface area contributed by atoms with Crippen LogP contribution >= 0.6 is 22.9 Å². The van der Waals surface area contributed by atoms with Crippen molar-refractivity contribution in [3.8, 4) is 10.8 Å². The molecule has 4 heterocycles. The number of nitrogens with zero attached hydrogens (tertiary/aromatic N) is 1. The van der Waals surface area contributed by atoms with Crippen LogP contribution in [0.2, 0.25) is 4.34 Å².